The molecular formula is C17H23ClF3N5O. The van der Waals surface area contributed by atoms with Gasteiger partial charge in [-0.2, -0.15) is 23.4 Å². The van der Waals surface area contributed by atoms with Crippen molar-refractivity contribution in [3.63, 3.8) is 0 Å². The van der Waals surface area contributed by atoms with E-state index in [1.54, 1.807) is 7.05 Å². The van der Waals surface area contributed by atoms with Crippen LogP contribution in [0.1, 0.15) is 48.2 Å². The smallest absolute Gasteiger partial charge is 0.339 e. The minimum Gasteiger partial charge on any atom is -0.339 e. The summed E-state index contributed by atoms with van der Waals surface area (Å²) in [4.78, 5) is 14.2. The van der Waals surface area contributed by atoms with Crippen molar-refractivity contribution < 1.29 is 18.0 Å². The molecule has 6 nitrogen and oxygen atoms in total. The molecule has 27 heavy (non-hydrogen) atoms. The molecule has 1 atom stereocenters. The molecule has 0 aliphatic rings. The Morgan fingerprint density at radius 3 is 2.26 bits per heavy atom. The molecule has 0 bridgehead atoms. The van der Waals surface area contributed by atoms with Crippen molar-refractivity contribution in [3.8, 4) is 0 Å². The van der Waals surface area contributed by atoms with Crippen LogP contribution >= 0.6 is 11.6 Å². The monoisotopic (exact) mass is 405 g/mol. The van der Waals surface area contributed by atoms with Crippen LogP contribution in [-0.2, 0) is 24.1 Å². The molecule has 0 aromatic carbocycles. The van der Waals surface area contributed by atoms with E-state index in [2.05, 4.69) is 10.2 Å². The van der Waals surface area contributed by atoms with Crippen LogP contribution in [0.3, 0.4) is 0 Å². The third-order valence-corrected chi connectivity index (χ3v) is 5.12. The number of nitrogens with zero attached hydrogens (tertiary/aromatic N) is 5. The molecule has 2 rings (SSSR count). The van der Waals surface area contributed by atoms with Crippen LogP contribution < -0.4 is 0 Å². The maximum atomic E-state index is 13.0. The van der Waals surface area contributed by atoms with Gasteiger partial charge in [-0.15, -0.1) is 0 Å². The average molecular weight is 406 g/mol. The standard InChI is InChI=1S/C17H23ClF3N5O/c1-7-25-10(3)13(9(2)22-25)8-24(6)16(27)12(5)26-11(4)14(18)15(23-26)17(19,20)21/h12H,7-8H2,1-6H3. The maximum absolute atomic E-state index is 13.0. The Hall–Kier alpha value is -2.03. The van der Waals surface area contributed by atoms with E-state index in [0.29, 0.717) is 13.1 Å². The minimum absolute atomic E-state index is 0.101. The molecule has 0 saturated carbocycles. The van der Waals surface area contributed by atoms with Crippen LogP contribution in [0.25, 0.3) is 0 Å². The van der Waals surface area contributed by atoms with E-state index >= 15 is 0 Å². The molecule has 2 aromatic rings. The summed E-state index contributed by atoms with van der Waals surface area (Å²) in [5, 5.41) is 7.47. The van der Waals surface area contributed by atoms with E-state index in [1.165, 1.54) is 18.7 Å². The molecule has 1 unspecified atom stereocenters. The van der Waals surface area contributed by atoms with Crippen LogP contribution in [0.4, 0.5) is 13.2 Å². The van der Waals surface area contributed by atoms with Gasteiger partial charge in [0.1, 0.15) is 6.04 Å². The fraction of sp³-hybridized carbons (Fsp3) is 0.588. The third-order valence-electron chi connectivity index (χ3n) is 4.67. The highest BCUT2D eigenvalue weighted by Crippen LogP contribution is 2.36. The van der Waals surface area contributed by atoms with E-state index in [4.69, 9.17) is 11.6 Å². The first-order valence-electron chi connectivity index (χ1n) is 8.49. The number of carbonyl (C=O) groups is 1. The topological polar surface area (TPSA) is 56.0 Å². The summed E-state index contributed by atoms with van der Waals surface area (Å²) in [6, 6.07) is -0.926. The van der Waals surface area contributed by atoms with Gasteiger partial charge in [-0.3, -0.25) is 14.2 Å². The van der Waals surface area contributed by atoms with E-state index in [-0.39, 0.29) is 11.6 Å². The van der Waals surface area contributed by atoms with Crippen molar-refractivity contribution in [2.24, 2.45) is 0 Å². The molecule has 0 N–H and O–H groups in total. The fourth-order valence-electron chi connectivity index (χ4n) is 3.07. The Balaban J connectivity index is 2.26. The number of amides is 1. The molecule has 2 heterocycles. The molecule has 2 aromatic heterocycles. The number of carbonyl (C=O) groups excluding carboxylic acids is 1. The van der Waals surface area contributed by atoms with Gasteiger partial charge in [-0.25, -0.2) is 0 Å². The lowest BCUT2D eigenvalue weighted by molar-refractivity contribution is -0.142. The van der Waals surface area contributed by atoms with Gasteiger partial charge in [0.25, 0.3) is 0 Å². The van der Waals surface area contributed by atoms with Crippen LogP contribution in [0.15, 0.2) is 0 Å². The van der Waals surface area contributed by atoms with Crippen molar-refractivity contribution in [3.05, 3.63) is 33.4 Å². The molecule has 0 saturated heterocycles. The maximum Gasteiger partial charge on any atom is 0.436 e. The number of rotatable bonds is 5. The summed E-state index contributed by atoms with van der Waals surface area (Å²) >= 11 is 5.78. The van der Waals surface area contributed by atoms with Crippen LogP contribution in [0.5, 0.6) is 0 Å². The number of aromatic nitrogens is 4. The summed E-state index contributed by atoms with van der Waals surface area (Å²) in [6.07, 6.45) is -4.68. The quantitative estimate of drug-likeness (QED) is 0.757. The van der Waals surface area contributed by atoms with E-state index in [9.17, 15) is 18.0 Å². The van der Waals surface area contributed by atoms with Gasteiger partial charge in [0.15, 0.2) is 5.69 Å². The summed E-state index contributed by atoms with van der Waals surface area (Å²) in [5.74, 6) is -0.367. The summed E-state index contributed by atoms with van der Waals surface area (Å²) < 4.78 is 41.9. The van der Waals surface area contributed by atoms with Crippen molar-refractivity contribution in [1.82, 2.24) is 24.5 Å². The highest BCUT2D eigenvalue weighted by molar-refractivity contribution is 6.32. The molecular weight excluding hydrogens is 383 g/mol. The van der Waals surface area contributed by atoms with Gasteiger partial charge in [-0.1, -0.05) is 11.6 Å². The van der Waals surface area contributed by atoms with Crippen LogP contribution in [0, 0.1) is 20.8 Å². The predicted octanol–water partition coefficient (Wildman–Crippen LogP) is 3.92. The molecule has 0 aliphatic heterocycles. The summed E-state index contributed by atoms with van der Waals surface area (Å²) in [5.41, 5.74) is 1.62. The molecule has 10 heteroatoms. The summed E-state index contributed by atoms with van der Waals surface area (Å²) in [7, 11) is 1.60. The number of likely N-dealkylation sites (N-methyl/N-ethyl adjacent to an activating group) is 1. The number of hydrogen-bond donors (Lipinski definition) is 0. The first-order valence-corrected chi connectivity index (χ1v) is 8.87. The molecule has 0 radical (unpaired) electrons. The lowest BCUT2D eigenvalue weighted by Gasteiger charge is -2.22. The van der Waals surface area contributed by atoms with Crippen LogP contribution in [0.2, 0.25) is 5.02 Å². The molecule has 150 valence electrons. The zero-order valence-corrected chi connectivity index (χ0v) is 16.9. The first kappa shape index (κ1) is 21.3. The average Bonchev–Trinajstić information content (AvgIpc) is 3.04. The van der Waals surface area contributed by atoms with Gasteiger partial charge in [0.2, 0.25) is 5.91 Å². The van der Waals surface area contributed by atoms with Crippen molar-refractivity contribution in [2.45, 2.75) is 59.9 Å². The zero-order valence-electron chi connectivity index (χ0n) is 16.1. The van der Waals surface area contributed by atoms with Gasteiger partial charge in [0.05, 0.1) is 16.4 Å². The highest BCUT2D eigenvalue weighted by Gasteiger charge is 2.39. The van der Waals surface area contributed by atoms with Crippen molar-refractivity contribution in [1.29, 1.82) is 0 Å². The van der Waals surface area contributed by atoms with Gasteiger partial charge in [0, 0.05) is 31.4 Å². The first-order chi connectivity index (χ1) is 12.4. The fourth-order valence-corrected chi connectivity index (χ4v) is 3.30. The number of aryl methyl sites for hydroxylation is 2. The lowest BCUT2D eigenvalue weighted by atomic mass is 10.1. The Bertz CT molecular complexity index is 856. The van der Waals surface area contributed by atoms with Gasteiger partial charge in [-0.05, 0) is 34.6 Å². The highest BCUT2D eigenvalue weighted by atomic mass is 35.5. The van der Waals surface area contributed by atoms with E-state index in [0.717, 1.165) is 21.6 Å². The third kappa shape index (κ3) is 3.97. The number of hydrogen-bond acceptors (Lipinski definition) is 3. The Labute approximate surface area is 160 Å². The SMILES string of the molecule is CCn1nc(C)c(CN(C)C(=O)C(C)n2nc(C(F)(F)F)c(Cl)c2C)c1C. The van der Waals surface area contributed by atoms with Crippen LogP contribution in [-0.4, -0.2) is 37.4 Å². The zero-order chi connectivity index (χ0) is 20.7. The second-order valence-corrected chi connectivity index (χ2v) is 6.90. The molecule has 0 fully saturated rings. The molecule has 0 spiro atoms. The normalized spacial score (nSPS) is 13.1. The largest absolute Gasteiger partial charge is 0.436 e. The van der Waals surface area contributed by atoms with Crippen molar-refractivity contribution in [2.75, 3.05) is 7.05 Å². The molecule has 0 aliphatic carbocycles. The second-order valence-electron chi connectivity index (χ2n) is 6.53. The Kier molecular flexibility index (Phi) is 5.94. The summed E-state index contributed by atoms with van der Waals surface area (Å²) in [6.45, 7) is 9.70. The van der Waals surface area contributed by atoms with Gasteiger partial charge < -0.3 is 4.90 Å². The number of halogens is 4. The minimum atomic E-state index is -4.68. The molecule has 1 amide bonds. The van der Waals surface area contributed by atoms with E-state index < -0.39 is 22.9 Å². The Morgan fingerprint density at radius 1 is 1.22 bits per heavy atom. The second kappa shape index (κ2) is 7.53. The van der Waals surface area contributed by atoms with E-state index in [1.807, 2.05) is 25.5 Å². The van der Waals surface area contributed by atoms with Gasteiger partial charge >= 0.3 is 6.18 Å². The lowest BCUT2D eigenvalue weighted by Crippen LogP contribution is -2.34. The Morgan fingerprint density at radius 2 is 1.81 bits per heavy atom. The van der Waals surface area contributed by atoms with Crippen molar-refractivity contribution >= 4 is 17.5 Å². The predicted molar refractivity (Wildman–Crippen MR) is 95.5 cm³/mol. The number of alkyl halides is 3.